The molecule has 0 bridgehead atoms. The molecule has 1 aromatic heterocycles. The molecule has 0 amide bonds. The monoisotopic (exact) mass is 421 g/mol. The highest BCUT2D eigenvalue weighted by Crippen LogP contribution is 2.26. The normalized spacial score (nSPS) is 17.2. The van der Waals surface area contributed by atoms with Gasteiger partial charge in [0.25, 0.3) is 0 Å². The predicted molar refractivity (Wildman–Crippen MR) is 91.6 cm³/mol. The van der Waals surface area contributed by atoms with Gasteiger partial charge < -0.3 is 9.94 Å². The molecule has 0 saturated carbocycles. The summed E-state index contributed by atoms with van der Waals surface area (Å²) in [5.74, 6) is 0.0874. The molecule has 0 spiro atoms. The van der Waals surface area contributed by atoms with Crippen molar-refractivity contribution in [2.45, 2.75) is 31.8 Å². The molecule has 0 fully saturated rings. The summed E-state index contributed by atoms with van der Waals surface area (Å²) in [4.78, 5) is 20.1. The minimum atomic E-state index is -0.848. The first-order valence-electron chi connectivity index (χ1n) is 6.59. The number of aliphatic carboxylic acids is 1. The average molecular weight is 421 g/mol. The van der Waals surface area contributed by atoms with Crippen molar-refractivity contribution in [3.8, 4) is 0 Å². The fourth-order valence-corrected chi connectivity index (χ4v) is 3.62. The lowest BCUT2D eigenvalue weighted by Gasteiger charge is -2.18. The molecule has 114 valence electrons. The third-order valence-electron chi connectivity index (χ3n) is 3.01. The molecule has 1 aliphatic heterocycles. The lowest BCUT2D eigenvalue weighted by molar-refractivity contribution is -0.139. The summed E-state index contributed by atoms with van der Waals surface area (Å²) in [7, 11) is 1.61. The van der Waals surface area contributed by atoms with Crippen molar-refractivity contribution < 1.29 is 14.7 Å². The second kappa shape index (κ2) is 8.42. The molecular weight excluding hydrogens is 405 g/mol. The quantitative estimate of drug-likeness (QED) is 0.513. The molecule has 2 heterocycles. The van der Waals surface area contributed by atoms with Gasteiger partial charge in [0.2, 0.25) is 0 Å². The summed E-state index contributed by atoms with van der Waals surface area (Å²) >= 11 is 2.24. The van der Waals surface area contributed by atoms with E-state index in [-0.39, 0.29) is 12.5 Å². The van der Waals surface area contributed by atoms with Gasteiger partial charge in [0.1, 0.15) is 11.9 Å². The molecule has 2 rings (SSSR count). The van der Waals surface area contributed by atoms with Crippen LogP contribution in [0.4, 0.5) is 5.82 Å². The van der Waals surface area contributed by atoms with Gasteiger partial charge >= 0.3 is 5.97 Å². The molecule has 21 heavy (non-hydrogen) atoms. The standard InChI is InChI=1S/C13H16IN3O3S/c14-21-17(12-5-1-2-6-15-12)7-3-4-10-8-11(20-16-10)9-13(18)19/h1-2,5-6,11H,3-4,7-9H2,(H,18,19). The van der Waals surface area contributed by atoms with Crippen LogP contribution in [0.1, 0.15) is 25.7 Å². The minimum absolute atomic E-state index is 0.0106. The van der Waals surface area contributed by atoms with Crippen LogP contribution in [0, 0.1) is 0 Å². The zero-order chi connectivity index (χ0) is 15.1. The van der Waals surface area contributed by atoms with Crippen LogP contribution in [0.5, 0.6) is 0 Å². The Hall–Kier alpha value is -1.03. The molecule has 0 radical (unpaired) electrons. The molecule has 0 aliphatic carbocycles. The highest BCUT2D eigenvalue weighted by Gasteiger charge is 2.23. The minimum Gasteiger partial charge on any atom is -0.481 e. The van der Waals surface area contributed by atoms with Crippen LogP contribution < -0.4 is 4.31 Å². The Kier molecular flexibility index (Phi) is 6.55. The second-order valence-corrected chi connectivity index (χ2v) is 6.41. The molecule has 1 unspecified atom stereocenters. The number of anilines is 1. The average Bonchev–Trinajstić information content (AvgIpc) is 2.91. The molecule has 6 nitrogen and oxygen atoms in total. The fourth-order valence-electron chi connectivity index (χ4n) is 2.05. The van der Waals surface area contributed by atoms with Crippen molar-refractivity contribution in [1.82, 2.24) is 4.98 Å². The van der Waals surface area contributed by atoms with Crippen LogP contribution in [0.3, 0.4) is 0 Å². The van der Waals surface area contributed by atoms with E-state index in [0.717, 1.165) is 30.9 Å². The number of halogens is 1. The smallest absolute Gasteiger partial charge is 0.307 e. The van der Waals surface area contributed by atoms with Gasteiger partial charge in [-0.25, -0.2) is 4.98 Å². The van der Waals surface area contributed by atoms with E-state index in [1.807, 2.05) is 18.2 Å². The Morgan fingerprint density at radius 1 is 1.57 bits per heavy atom. The molecule has 0 aromatic carbocycles. The van der Waals surface area contributed by atoms with Gasteiger partial charge in [-0.1, -0.05) is 11.2 Å². The van der Waals surface area contributed by atoms with Gasteiger partial charge in [0.05, 0.1) is 12.1 Å². The lowest BCUT2D eigenvalue weighted by atomic mass is 10.1. The van der Waals surface area contributed by atoms with Gasteiger partial charge in [-0.15, -0.1) is 0 Å². The Morgan fingerprint density at radius 2 is 2.43 bits per heavy atom. The number of hydrogen-bond acceptors (Lipinski definition) is 6. The number of aromatic nitrogens is 1. The first kappa shape index (κ1) is 16.3. The number of carboxylic acid groups (broad SMARTS) is 1. The van der Waals surface area contributed by atoms with E-state index >= 15 is 0 Å². The summed E-state index contributed by atoms with van der Waals surface area (Å²) in [5.41, 5.74) is 0.945. The van der Waals surface area contributed by atoms with E-state index in [1.54, 1.807) is 15.3 Å². The van der Waals surface area contributed by atoms with Gasteiger partial charge in [-0.3, -0.25) is 9.10 Å². The van der Waals surface area contributed by atoms with Crippen molar-refractivity contribution >= 4 is 47.8 Å². The summed E-state index contributed by atoms with van der Waals surface area (Å²) in [6.07, 6.45) is 3.85. The van der Waals surface area contributed by atoms with Crippen molar-refractivity contribution in [2.75, 3.05) is 10.8 Å². The van der Waals surface area contributed by atoms with E-state index in [0.29, 0.717) is 6.42 Å². The number of pyridine rings is 1. The van der Waals surface area contributed by atoms with Gasteiger partial charge in [0.15, 0.2) is 0 Å². The zero-order valence-corrected chi connectivity index (χ0v) is 14.3. The van der Waals surface area contributed by atoms with E-state index in [1.165, 1.54) is 0 Å². The van der Waals surface area contributed by atoms with Crippen molar-refractivity contribution in [1.29, 1.82) is 0 Å². The van der Waals surface area contributed by atoms with Crippen molar-refractivity contribution in [2.24, 2.45) is 5.16 Å². The predicted octanol–water partition coefficient (Wildman–Crippen LogP) is 3.29. The molecule has 8 heteroatoms. The van der Waals surface area contributed by atoms with E-state index in [2.05, 4.69) is 35.7 Å². The summed E-state index contributed by atoms with van der Waals surface area (Å²) in [5, 5.41) is 12.7. The Bertz CT molecular complexity index is 501. The van der Waals surface area contributed by atoms with Crippen LogP contribution in [0.2, 0.25) is 0 Å². The lowest BCUT2D eigenvalue weighted by Crippen LogP contribution is -2.17. The third-order valence-corrected chi connectivity index (χ3v) is 4.97. The molecule has 1 atom stereocenters. The second-order valence-electron chi connectivity index (χ2n) is 4.65. The Balaban J connectivity index is 1.73. The number of hydrogen-bond donors (Lipinski definition) is 1. The maximum atomic E-state index is 10.6. The van der Waals surface area contributed by atoms with Crippen LogP contribution in [0.25, 0.3) is 0 Å². The maximum absolute atomic E-state index is 10.6. The van der Waals surface area contributed by atoms with Crippen LogP contribution >= 0.6 is 30.3 Å². The van der Waals surface area contributed by atoms with E-state index in [4.69, 9.17) is 9.94 Å². The number of nitrogens with zero attached hydrogens (tertiary/aromatic N) is 3. The number of carboxylic acids is 1. The van der Waals surface area contributed by atoms with Crippen LogP contribution in [-0.2, 0) is 9.63 Å². The first-order valence-corrected chi connectivity index (χ1v) is 9.91. The van der Waals surface area contributed by atoms with Crippen LogP contribution in [0.15, 0.2) is 29.6 Å². The Labute approximate surface area is 139 Å². The van der Waals surface area contributed by atoms with Gasteiger partial charge in [-0.05, 0) is 25.0 Å². The fraction of sp³-hybridized carbons (Fsp3) is 0.462. The van der Waals surface area contributed by atoms with Gasteiger partial charge in [0, 0.05) is 49.5 Å². The highest BCUT2D eigenvalue weighted by atomic mass is 127. The van der Waals surface area contributed by atoms with E-state index < -0.39 is 5.97 Å². The number of carbonyl (C=O) groups is 1. The zero-order valence-electron chi connectivity index (χ0n) is 11.3. The van der Waals surface area contributed by atoms with Gasteiger partial charge in [-0.2, -0.15) is 0 Å². The number of oxime groups is 1. The maximum Gasteiger partial charge on any atom is 0.307 e. The highest BCUT2D eigenvalue weighted by molar-refractivity contribution is 14.2. The SMILES string of the molecule is O=C(O)CC1CC(CCCN(SI)c2ccccn2)=NO1. The van der Waals surface area contributed by atoms with Crippen molar-refractivity contribution in [3.05, 3.63) is 24.4 Å². The van der Waals surface area contributed by atoms with Crippen molar-refractivity contribution in [3.63, 3.8) is 0 Å². The van der Waals surface area contributed by atoms with E-state index in [9.17, 15) is 4.79 Å². The third kappa shape index (κ3) is 5.34. The van der Waals surface area contributed by atoms with Crippen LogP contribution in [-0.4, -0.2) is 34.4 Å². The molecule has 1 aromatic rings. The molecule has 1 aliphatic rings. The summed E-state index contributed by atoms with van der Waals surface area (Å²) < 4.78 is 2.12. The molecular formula is C13H16IN3O3S. The largest absolute Gasteiger partial charge is 0.481 e. The summed E-state index contributed by atoms with van der Waals surface area (Å²) in [6, 6.07) is 5.84. The topological polar surface area (TPSA) is 75.0 Å². The first-order chi connectivity index (χ1) is 10.2. The number of rotatable bonds is 8. The Morgan fingerprint density at radius 3 is 3.10 bits per heavy atom. The molecule has 1 N–H and O–H groups in total. The summed E-state index contributed by atoms with van der Waals surface area (Å²) in [6.45, 7) is 0.854. The molecule has 0 saturated heterocycles.